The summed E-state index contributed by atoms with van der Waals surface area (Å²) in [6, 6.07) is 16.6. The number of rotatable bonds is 6. The molecule has 1 heteroatoms. The number of aromatic nitrogens is 1. The lowest BCUT2D eigenvalue weighted by Gasteiger charge is -2.44. The summed E-state index contributed by atoms with van der Waals surface area (Å²) in [6.07, 6.45) is 17.2. The van der Waals surface area contributed by atoms with Gasteiger partial charge in [0.2, 0.25) is 5.69 Å². The second-order valence-corrected chi connectivity index (χ2v) is 12.2. The number of unbranched alkanes of at least 4 members (excludes halogenated alkanes) is 2. The highest BCUT2D eigenvalue weighted by Crippen LogP contribution is 2.50. The summed E-state index contributed by atoms with van der Waals surface area (Å²) in [5.74, 6) is 0. The highest BCUT2D eigenvalue weighted by atomic mass is 15.1. The van der Waals surface area contributed by atoms with E-state index in [4.69, 9.17) is 0 Å². The van der Waals surface area contributed by atoms with Crippen LogP contribution in [0.4, 0.5) is 0 Å². The third-order valence-electron chi connectivity index (χ3n) is 9.60. The quantitative estimate of drug-likeness (QED) is 0.252. The van der Waals surface area contributed by atoms with Gasteiger partial charge < -0.3 is 0 Å². The minimum absolute atomic E-state index is 0.00261. The molecule has 2 heterocycles. The second-order valence-electron chi connectivity index (χ2n) is 12.2. The first kappa shape index (κ1) is 24.3. The van der Waals surface area contributed by atoms with Crippen molar-refractivity contribution in [3.05, 3.63) is 71.4 Å². The third kappa shape index (κ3) is 3.87. The van der Waals surface area contributed by atoms with Crippen LogP contribution < -0.4 is 4.57 Å². The number of pyridine rings is 1. The molecule has 1 aliphatic carbocycles. The molecule has 1 unspecified atom stereocenters. The molecule has 1 aliphatic heterocycles. The van der Waals surface area contributed by atoms with E-state index in [0.29, 0.717) is 0 Å². The van der Waals surface area contributed by atoms with Crippen molar-refractivity contribution >= 4 is 16.8 Å². The van der Waals surface area contributed by atoms with Crippen molar-refractivity contribution in [1.29, 1.82) is 0 Å². The predicted molar refractivity (Wildman–Crippen MR) is 151 cm³/mol. The lowest BCUT2D eigenvalue weighted by Crippen LogP contribution is -2.55. The van der Waals surface area contributed by atoms with Gasteiger partial charge in [0.25, 0.3) is 0 Å². The molecule has 0 amide bonds. The Morgan fingerprint density at radius 2 is 1.63 bits per heavy atom. The highest BCUT2D eigenvalue weighted by molar-refractivity contribution is 5.96. The molecular weight excluding hydrogens is 422 g/mol. The summed E-state index contributed by atoms with van der Waals surface area (Å²) in [5, 5.41) is 2.81. The number of fused-ring (bicyclic) bond motifs is 6. The van der Waals surface area contributed by atoms with Gasteiger partial charge in [-0.25, -0.2) is 0 Å². The second kappa shape index (κ2) is 8.91. The maximum atomic E-state index is 2.60. The first-order valence-corrected chi connectivity index (χ1v) is 14.1. The zero-order chi connectivity index (χ0) is 24.8. The molecule has 0 saturated heterocycles. The first-order chi connectivity index (χ1) is 16.8. The normalized spacial score (nSPS) is 21.8. The predicted octanol–water partition coefficient (Wildman–Crippen LogP) is 9.25. The summed E-state index contributed by atoms with van der Waals surface area (Å²) in [4.78, 5) is 0. The molecule has 184 valence electrons. The standard InChI is InChI=1S/C34H44N/c1-7-10-13-18-33(6)21-20-32(4,5)29-24-28-26(23-30(29)33)17-22-35-31(28)27-15-12-11-14-25(27)16-19-34(35,8-2)9-3/h11-12,14-17,19,22-24H,7-10,13,18,20-21H2,1-6H3/q+1. The zero-order valence-electron chi connectivity index (χ0n) is 22.9. The van der Waals surface area contributed by atoms with Crippen LogP contribution in [0.2, 0.25) is 0 Å². The molecule has 3 aromatic rings. The highest BCUT2D eigenvalue weighted by Gasteiger charge is 2.42. The number of allylic oxidation sites excluding steroid dienone is 1. The summed E-state index contributed by atoms with van der Waals surface area (Å²) in [6.45, 7) is 14.5. The van der Waals surface area contributed by atoms with Crippen molar-refractivity contribution in [2.24, 2.45) is 0 Å². The van der Waals surface area contributed by atoms with Gasteiger partial charge in [-0.3, -0.25) is 0 Å². The zero-order valence-corrected chi connectivity index (χ0v) is 22.9. The minimum atomic E-state index is 0.00261. The van der Waals surface area contributed by atoms with Gasteiger partial charge in [-0.1, -0.05) is 85.1 Å². The molecule has 35 heavy (non-hydrogen) atoms. The maximum absolute atomic E-state index is 2.60. The van der Waals surface area contributed by atoms with E-state index in [2.05, 4.69) is 107 Å². The van der Waals surface area contributed by atoms with Crippen LogP contribution in [-0.4, -0.2) is 0 Å². The van der Waals surface area contributed by atoms with Gasteiger partial charge in [0.05, 0.1) is 10.9 Å². The van der Waals surface area contributed by atoms with E-state index in [0.717, 1.165) is 12.8 Å². The van der Waals surface area contributed by atoms with Gasteiger partial charge in [-0.2, -0.15) is 4.57 Å². The van der Waals surface area contributed by atoms with Crippen molar-refractivity contribution in [3.8, 4) is 11.3 Å². The molecule has 0 radical (unpaired) electrons. The van der Waals surface area contributed by atoms with Crippen molar-refractivity contribution in [2.45, 2.75) is 109 Å². The Balaban J connectivity index is 1.82. The van der Waals surface area contributed by atoms with Crippen LogP contribution >= 0.6 is 0 Å². The van der Waals surface area contributed by atoms with Crippen molar-refractivity contribution in [3.63, 3.8) is 0 Å². The van der Waals surface area contributed by atoms with Gasteiger partial charge >= 0.3 is 0 Å². The lowest BCUT2D eigenvalue weighted by molar-refractivity contribution is -0.742. The van der Waals surface area contributed by atoms with Crippen LogP contribution in [0, 0.1) is 0 Å². The van der Waals surface area contributed by atoms with Gasteiger partial charge in [0.15, 0.2) is 11.7 Å². The molecule has 1 nitrogen and oxygen atoms in total. The van der Waals surface area contributed by atoms with Gasteiger partial charge in [-0.05, 0) is 76.4 Å². The Hall–Kier alpha value is -2.41. The van der Waals surface area contributed by atoms with Crippen molar-refractivity contribution in [1.82, 2.24) is 0 Å². The van der Waals surface area contributed by atoms with Crippen LogP contribution in [0.25, 0.3) is 28.1 Å². The first-order valence-electron chi connectivity index (χ1n) is 14.1. The SMILES string of the molecule is CCCCCC1(C)CCC(C)(C)c2cc3c4[n+](ccc3cc21)C(CC)(CC)C=Cc1ccccc1-4. The molecule has 0 fully saturated rings. The Kier molecular flexibility index (Phi) is 6.19. The van der Waals surface area contributed by atoms with Gasteiger partial charge in [0.1, 0.15) is 0 Å². The fourth-order valence-electron chi connectivity index (χ4n) is 6.92. The minimum Gasteiger partial charge on any atom is -0.189 e. The lowest BCUT2D eigenvalue weighted by atomic mass is 9.60. The topological polar surface area (TPSA) is 3.88 Å². The van der Waals surface area contributed by atoms with Crippen LogP contribution in [0.15, 0.2) is 54.7 Å². The van der Waals surface area contributed by atoms with Crippen molar-refractivity contribution < 1.29 is 4.57 Å². The fourth-order valence-corrected chi connectivity index (χ4v) is 6.92. The largest absolute Gasteiger partial charge is 0.221 e. The van der Waals surface area contributed by atoms with Gasteiger partial charge in [-0.15, -0.1) is 0 Å². The Labute approximate surface area is 213 Å². The molecule has 5 rings (SSSR count). The third-order valence-corrected chi connectivity index (χ3v) is 9.60. The summed E-state index contributed by atoms with van der Waals surface area (Å²) < 4.78 is 2.60. The van der Waals surface area contributed by atoms with E-state index < -0.39 is 0 Å². The average molecular weight is 467 g/mol. The Bertz CT molecular complexity index is 1270. The van der Waals surface area contributed by atoms with Crippen LogP contribution in [0.5, 0.6) is 0 Å². The van der Waals surface area contributed by atoms with E-state index in [-0.39, 0.29) is 16.4 Å². The van der Waals surface area contributed by atoms with E-state index in [1.165, 1.54) is 66.1 Å². The smallest absolute Gasteiger partial charge is 0.189 e. The molecule has 0 N–H and O–H groups in total. The number of nitrogens with zero attached hydrogens (tertiary/aromatic N) is 1. The molecule has 0 bridgehead atoms. The number of benzene rings is 2. The number of hydrogen-bond acceptors (Lipinski definition) is 0. The van der Waals surface area contributed by atoms with Crippen LogP contribution in [0.1, 0.15) is 110 Å². The molecular formula is C34H44N+. The molecule has 0 saturated carbocycles. The molecule has 2 aromatic carbocycles. The van der Waals surface area contributed by atoms with Crippen LogP contribution in [0.3, 0.4) is 0 Å². The van der Waals surface area contributed by atoms with E-state index in [9.17, 15) is 0 Å². The van der Waals surface area contributed by atoms with E-state index >= 15 is 0 Å². The van der Waals surface area contributed by atoms with Gasteiger partial charge in [0, 0.05) is 18.9 Å². The van der Waals surface area contributed by atoms with Crippen molar-refractivity contribution in [2.75, 3.05) is 0 Å². The molecule has 1 aromatic heterocycles. The monoisotopic (exact) mass is 466 g/mol. The fraction of sp³-hybridized carbons (Fsp3) is 0.500. The van der Waals surface area contributed by atoms with E-state index in [1.807, 2.05) is 0 Å². The molecule has 2 aliphatic rings. The maximum Gasteiger partial charge on any atom is 0.221 e. The average Bonchev–Trinajstić information content (AvgIpc) is 3.01. The summed E-state index contributed by atoms with van der Waals surface area (Å²) in [7, 11) is 0. The Morgan fingerprint density at radius 1 is 0.857 bits per heavy atom. The number of hydrogen-bond donors (Lipinski definition) is 0. The summed E-state index contributed by atoms with van der Waals surface area (Å²) in [5.41, 5.74) is 7.76. The molecule has 0 spiro atoms. The Morgan fingerprint density at radius 3 is 2.37 bits per heavy atom. The summed E-state index contributed by atoms with van der Waals surface area (Å²) >= 11 is 0. The molecule has 1 atom stereocenters. The van der Waals surface area contributed by atoms with Crippen LogP contribution in [-0.2, 0) is 16.4 Å². The van der Waals surface area contributed by atoms with E-state index in [1.54, 1.807) is 11.1 Å².